The van der Waals surface area contributed by atoms with Crippen LogP contribution in [0.2, 0.25) is 0 Å². The Balaban J connectivity index is 1.21. The fraction of sp³-hybridized carbons (Fsp3) is 0.304. The minimum atomic E-state index is 0.801. The molecule has 0 amide bonds. The van der Waals surface area contributed by atoms with Gasteiger partial charge in [-0.2, -0.15) is 10.2 Å². The van der Waals surface area contributed by atoms with Gasteiger partial charge in [0.05, 0.1) is 24.4 Å². The highest BCUT2D eigenvalue weighted by Crippen LogP contribution is 2.27. The first-order chi connectivity index (χ1) is 14.8. The van der Waals surface area contributed by atoms with Gasteiger partial charge in [-0.05, 0) is 60.5 Å². The molecule has 154 valence electrons. The molecular formula is C23H25N5O2. The van der Waals surface area contributed by atoms with Gasteiger partial charge in [0.2, 0.25) is 0 Å². The van der Waals surface area contributed by atoms with Crippen LogP contribution in [0.15, 0.2) is 60.9 Å². The molecule has 0 saturated carbocycles. The van der Waals surface area contributed by atoms with Crippen molar-refractivity contribution in [2.45, 2.75) is 13.0 Å². The molecule has 5 rings (SSSR count). The summed E-state index contributed by atoms with van der Waals surface area (Å²) in [5.74, 6) is 1.61. The van der Waals surface area contributed by atoms with Crippen molar-refractivity contribution < 1.29 is 9.47 Å². The van der Waals surface area contributed by atoms with E-state index in [1.165, 1.54) is 0 Å². The zero-order chi connectivity index (χ0) is 20.2. The number of nitrogens with zero attached hydrogens (tertiary/aromatic N) is 4. The largest absolute Gasteiger partial charge is 0.457 e. The highest BCUT2D eigenvalue weighted by atomic mass is 16.5. The van der Waals surface area contributed by atoms with Crippen molar-refractivity contribution in [1.82, 2.24) is 24.9 Å². The summed E-state index contributed by atoms with van der Waals surface area (Å²) in [6, 6.07) is 16.0. The van der Waals surface area contributed by atoms with Gasteiger partial charge >= 0.3 is 0 Å². The molecule has 1 saturated heterocycles. The monoisotopic (exact) mass is 403 g/mol. The molecule has 0 radical (unpaired) electrons. The minimum Gasteiger partial charge on any atom is -0.457 e. The average molecular weight is 403 g/mol. The molecular weight excluding hydrogens is 378 g/mol. The minimum absolute atomic E-state index is 0.801. The molecule has 30 heavy (non-hydrogen) atoms. The highest BCUT2D eigenvalue weighted by molar-refractivity contribution is 5.79. The number of hydrogen-bond donors (Lipinski definition) is 1. The van der Waals surface area contributed by atoms with Gasteiger partial charge in [-0.1, -0.05) is 0 Å². The van der Waals surface area contributed by atoms with Gasteiger partial charge in [-0.15, -0.1) is 0 Å². The van der Waals surface area contributed by atoms with Crippen LogP contribution in [-0.2, 0) is 11.3 Å². The summed E-state index contributed by atoms with van der Waals surface area (Å²) < 4.78 is 13.5. The number of hydrogen-bond acceptors (Lipinski definition) is 5. The van der Waals surface area contributed by atoms with E-state index in [2.05, 4.69) is 21.3 Å². The molecule has 0 unspecified atom stereocenters. The van der Waals surface area contributed by atoms with Gasteiger partial charge in [0, 0.05) is 44.0 Å². The first-order valence-corrected chi connectivity index (χ1v) is 10.4. The number of morpholine rings is 1. The normalized spacial score (nSPS) is 14.9. The summed E-state index contributed by atoms with van der Waals surface area (Å²) in [7, 11) is 0. The van der Waals surface area contributed by atoms with Gasteiger partial charge in [0.25, 0.3) is 0 Å². The molecule has 0 atom stereocenters. The van der Waals surface area contributed by atoms with Crippen LogP contribution < -0.4 is 4.74 Å². The Morgan fingerprint density at radius 3 is 2.60 bits per heavy atom. The summed E-state index contributed by atoms with van der Waals surface area (Å²) >= 11 is 0. The number of aromatic amines is 1. The van der Waals surface area contributed by atoms with E-state index in [9.17, 15) is 0 Å². The fourth-order valence-corrected chi connectivity index (χ4v) is 3.77. The van der Waals surface area contributed by atoms with Gasteiger partial charge < -0.3 is 9.47 Å². The highest BCUT2D eigenvalue weighted by Gasteiger charge is 2.10. The summed E-state index contributed by atoms with van der Waals surface area (Å²) in [5, 5.41) is 12.7. The van der Waals surface area contributed by atoms with E-state index in [1.54, 1.807) is 6.20 Å². The molecule has 4 aromatic rings. The van der Waals surface area contributed by atoms with E-state index in [0.29, 0.717) is 0 Å². The van der Waals surface area contributed by atoms with Crippen molar-refractivity contribution in [2.75, 3.05) is 32.8 Å². The molecule has 7 nitrogen and oxygen atoms in total. The van der Waals surface area contributed by atoms with E-state index >= 15 is 0 Å². The lowest BCUT2D eigenvalue weighted by atomic mass is 10.1. The quantitative estimate of drug-likeness (QED) is 0.506. The number of aryl methyl sites for hydroxylation is 1. The Hall–Kier alpha value is -3.16. The topological polar surface area (TPSA) is 68.2 Å². The number of fused-ring (bicyclic) bond motifs is 1. The molecule has 2 aromatic heterocycles. The Labute approximate surface area is 175 Å². The van der Waals surface area contributed by atoms with E-state index in [4.69, 9.17) is 14.6 Å². The number of rotatable bonds is 7. The SMILES string of the molecule is c1cc(-c2ccc(Oc3ccc4nn(CCCN5CCOCC5)cc4c3)cc2)[nH]n1. The second-order valence-corrected chi connectivity index (χ2v) is 7.52. The maximum absolute atomic E-state index is 6.05. The third-order valence-corrected chi connectivity index (χ3v) is 5.39. The number of ether oxygens (including phenoxy) is 2. The van der Waals surface area contributed by atoms with Gasteiger partial charge in [0.1, 0.15) is 11.5 Å². The molecule has 0 spiro atoms. The summed E-state index contributed by atoms with van der Waals surface area (Å²) in [4.78, 5) is 2.45. The van der Waals surface area contributed by atoms with Crippen molar-refractivity contribution in [3.05, 3.63) is 60.9 Å². The van der Waals surface area contributed by atoms with Crippen molar-refractivity contribution in [3.8, 4) is 22.8 Å². The van der Waals surface area contributed by atoms with E-state index < -0.39 is 0 Å². The van der Waals surface area contributed by atoms with Crippen LogP contribution in [0.3, 0.4) is 0 Å². The third kappa shape index (κ3) is 4.37. The zero-order valence-electron chi connectivity index (χ0n) is 16.8. The molecule has 2 aromatic carbocycles. The summed E-state index contributed by atoms with van der Waals surface area (Å²) in [6.07, 6.45) is 4.93. The van der Waals surface area contributed by atoms with Crippen molar-refractivity contribution in [3.63, 3.8) is 0 Å². The maximum atomic E-state index is 6.05. The number of benzene rings is 2. The molecule has 1 N–H and O–H groups in total. The predicted molar refractivity (Wildman–Crippen MR) is 116 cm³/mol. The Kier molecular flexibility index (Phi) is 5.46. The van der Waals surface area contributed by atoms with Crippen LogP contribution >= 0.6 is 0 Å². The molecule has 0 aliphatic carbocycles. The lowest BCUT2D eigenvalue weighted by Crippen LogP contribution is -2.37. The second kappa shape index (κ2) is 8.69. The average Bonchev–Trinajstić information content (AvgIpc) is 3.45. The number of aromatic nitrogens is 4. The first kappa shape index (κ1) is 18.8. The lowest BCUT2D eigenvalue weighted by molar-refractivity contribution is 0.0368. The Morgan fingerprint density at radius 1 is 0.967 bits per heavy atom. The summed E-state index contributed by atoms with van der Waals surface area (Å²) in [6.45, 7) is 5.76. The molecule has 7 heteroatoms. The zero-order valence-corrected chi connectivity index (χ0v) is 16.8. The third-order valence-electron chi connectivity index (χ3n) is 5.39. The summed E-state index contributed by atoms with van der Waals surface area (Å²) in [5.41, 5.74) is 3.06. The molecule has 3 heterocycles. The van der Waals surface area contributed by atoms with Crippen LogP contribution in [0.25, 0.3) is 22.2 Å². The first-order valence-electron chi connectivity index (χ1n) is 10.4. The Bertz CT molecular complexity index is 1080. The van der Waals surface area contributed by atoms with Gasteiger partial charge in [0.15, 0.2) is 0 Å². The van der Waals surface area contributed by atoms with E-state index in [1.807, 2.05) is 53.2 Å². The van der Waals surface area contributed by atoms with Crippen LogP contribution in [0.4, 0.5) is 0 Å². The standard InChI is InChI=1S/C23H25N5O2/c1(10-27-12-14-29-15-13-27)11-28-17-19-16-21(6-7-23(19)26-28)30-20-4-2-18(3-5-20)22-8-9-24-25-22/h2-9,16-17H,1,10-15H2,(H,24,25). The number of nitrogens with one attached hydrogen (secondary N) is 1. The molecule has 1 aliphatic heterocycles. The maximum Gasteiger partial charge on any atom is 0.128 e. The predicted octanol–water partition coefficient (Wildman–Crippen LogP) is 3.94. The molecule has 1 fully saturated rings. The van der Waals surface area contributed by atoms with Crippen molar-refractivity contribution in [2.24, 2.45) is 0 Å². The number of H-pyrrole nitrogens is 1. The lowest BCUT2D eigenvalue weighted by Gasteiger charge is -2.26. The van der Waals surface area contributed by atoms with Crippen LogP contribution in [0, 0.1) is 0 Å². The van der Waals surface area contributed by atoms with Gasteiger partial charge in [-0.25, -0.2) is 0 Å². The van der Waals surface area contributed by atoms with Crippen molar-refractivity contribution in [1.29, 1.82) is 0 Å². The van der Waals surface area contributed by atoms with E-state index in [0.717, 1.165) is 79.5 Å². The second-order valence-electron chi connectivity index (χ2n) is 7.52. The molecule has 0 bridgehead atoms. The van der Waals surface area contributed by atoms with Crippen LogP contribution in [0.5, 0.6) is 11.5 Å². The van der Waals surface area contributed by atoms with Gasteiger partial charge in [-0.3, -0.25) is 14.7 Å². The van der Waals surface area contributed by atoms with Crippen LogP contribution in [0.1, 0.15) is 6.42 Å². The Morgan fingerprint density at radius 2 is 1.80 bits per heavy atom. The molecule has 1 aliphatic rings. The van der Waals surface area contributed by atoms with Crippen molar-refractivity contribution >= 4 is 10.9 Å². The smallest absolute Gasteiger partial charge is 0.128 e. The van der Waals surface area contributed by atoms with Crippen LogP contribution in [-0.4, -0.2) is 57.7 Å². The fourth-order valence-electron chi connectivity index (χ4n) is 3.77. The van der Waals surface area contributed by atoms with E-state index in [-0.39, 0.29) is 0 Å².